The van der Waals surface area contributed by atoms with Gasteiger partial charge in [-0.1, -0.05) is 41.9 Å². The number of rotatable bonds is 5. The Hall–Kier alpha value is -3.38. The van der Waals surface area contributed by atoms with Crippen molar-refractivity contribution >= 4 is 29.6 Å². The summed E-state index contributed by atoms with van der Waals surface area (Å²) in [6.45, 7) is 1.76. The van der Waals surface area contributed by atoms with Gasteiger partial charge in [-0.25, -0.2) is 14.3 Å². The SMILES string of the molecule is CC1CC(OC(=O)/C=C/c2cn(-c3ccccc3)nc2-c2ccc(Cl)cc2)C(=O)O1. The van der Waals surface area contributed by atoms with E-state index in [1.165, 1.54) is 6.08 Å². The first-order valence-electron chi connectivity index (χ1n) is 9.50. The van der Waals surface area contributed by atoms with Crippen LogP contribution in [-0.2, 0) is 19.1 Å². The first-order chi connectivity index (χ1) is 14.5. The Bertz CT molecular complexity index is 1090. The number of hydrogen-bond donors (Lipinski definition) is 0. The first-order valence-corrected chi connectivity index (χ1v) is 9.87. The minimum atomic E-state index is -0.861. The van der Waals surface area contributed by atoms with E-state index in [1.54, 1.807) is 29.8 Å². The van der Waals surface area contributed by atoms with Gasteiger partial charge < -0.3 is 9.47 Å². The molecule has 1 aliphatic heterocycles. The number of aromatic nitrogens is 2. The molecule has 0 N–H and O–H groups in total. The summed E-state index contributed by atoms with van der Waals surface area (Å²) >= 11 is 6.01. The van der Waals surface area contributed by atoms with Crippen molar-refractivity contribution in [2.75, 3.05) is 0 Å². The van der Waals surface area contributed by atoms with Gasteiger partial charge in [-0.15, -0.1) is 0 Å². The Morgan fingerprint density at radius 2 is 1.93 bits per heavy atom. The van der Waals surface area contributed by atoms with Gasteiger partial charge in [0.25, 0.3) is 0 Å². The summed E-state index contributed by atoms with van der Waals surface area (Å²) in [6, 6.07) is 17.0. The third-order valence-electron chi connectivity index (χ3n) is 4.66. The zero-order chi connectivity index (χ0) is 21.1. The lowest BCUT2D eigenvalue weighted by Crippen LogP contribution is -2.21. The van der Waals surface area contributed by atoms with E-state index in [0.717, 1.165) is 16.8 Å². The lowest BCUT2D eigenvalue weighted by atomic mass is 10.1. The zero-order valence-corrected chi connectivity index (χ0v) is 17.0. The number of esters is 2. The highest BCUT2D eigenvalue weighted by molar-refractivity contribution is 6.30. The van der Waals surface area contributed by atoms with Crippen LogP contribution in [0.4, 0.5) is 0 Å². The minimum absolute atomic E-state index is 0.250. The van der Waals surface area contributed by atoms with Crippen LogP contribution in [0.1, 0.15) is 18.9 Å². The van der Waals surface area contributed by atoms with Gasteiger partial charge in [0.2, 0.25) is 6.10 Å². The summed E-state index contributed by atoms with van der Waals surface area (Å²) in [5.74, 6) is -1.12. The Labute approximate surface area is 178 Å². The molecule has 0 radical (unpaired) electrons. The molecule has 4 rings (SSSR count). The van der Waals surface area contributed by atoms with E-state index in [9.17, 15) is 9.59 Å². The second-order valence-corrected chi connectivity index (χ2v) is 7.40. The summed E-state index contributed by atoms with van der Waals surface area (Å²) < 4.78 is 12.0. The van der Waals surface area contributed by atoms with Crippen LogP contribution in [0.15, 0.2) is 66.9 Å². The highest BCUT2D eigenvalue weighted by Gasteiger charge is 2.34. The maximum absolute atomic E-state index is 12.2. The van der Waals surface area contributed by atoms with Gasteiger partial charge in [-0.2, -0.15) is 5.10 Å². The van der Waals surface area contributed by atoms with Crippen molar-refractivity contribution in [3.63, 3.8) is 0 Å². The summed E-state index contributed by atoms with van der Waals surface area (Å²) in [4.78, 5) is 23.9. The number of benzene rings is 2. The van der Waals surface area contributed by atoms with Gasteiger partial charge in [0.1, 0.15) is 6.10 Å². The van der Waals surface area contributed by atoms with Crippen LogP contribution in [-0.4, -0.2) is 33.9 Å². The molecule has 152 valence electrons. The largest absolute Gasteiger partial charge is 0.460 e. The van der Waals surface area contributed by atoms with Gasteiger partial charge in [-0.3, -0.25) is 0 Å². The van der Waals surface area contributed by atoms with E-state index in [-0.39, 0.29) is 6.10 Å². The number of halogens is 1. The van der Waals surface area contributed by atoms with Crippen LogP contribution in [0.25, 0.3) is 23.0 Å². The van der Waals surface area contributed by atoms with Crippen LogP contribution >= 0.6 is 11.6 Å². The second-order valence-electron chi connectivity index (χ2n) is 6.96. The van der Waals surface area contributed by atoms with Crippen molar-refractivity contribution in [2.24, 2.45) is 0 Å². The molecule has 0 saturated carbocycles. The van der Waals surface area contributed by atoms with Crippen LogP contribution < -0.4 is 0 Å². The molecule has 0 bridgehead atoms. The molecule has 2 aromatic carbocycles. The second kappa shape index (κ2) is 8.55. The number of carbonyl (C=O) groups is 2. The minimum Gasteiger partial charge on any atom is -0.460 e. The van der Waals surface area contributed by atoms with E-state index in [0.29, 0.717) is 17.1 Å². The number of cyclic esters (lactones) is 1. The van der Waals surface area contributed by atoms with E-state index < -0.39 is 18.0 Å². The first kappa shape index (κ1) is 19.9. The van der Waals surface area contributed by atoms with Gasteiger partial charge in [0.05, 0.1) is 11.4 Å². The highest BCUT2D eigenvalue weighted by Crippen LogP contribution is 2.26. The molecule has 2 unspecified atom stereocenters. The third-order valence-corrected chi connectivity index (χ3v) is 4.92. The summed E-state index contributed by atoms with van der Waals surface area (Å²) in [5.41, 5.74) is 3.15. The maximum Gasteiger partial charge on any atom is 0.347 e. The smallest absolute Gasteiger partial charge is 0.347 e. The van der Waals surface area contributed by atoms with E-state index in [4.69, 9.17) is 21.1 Å². The fourth-order valence-electron chi connectivity index (χ4n) is 3.21. The van der Waals surface area contributed by atoms with Gasteiger partial charge in [-0.05, 0) is 37.3 Å². The van der Waals surface area contributed by atoms with Crippen molar-refractivity contribution in [3.05, 3.63) is 77.5 Å². The number of ether oxygens (including phenoxy) is 2. The predicted molar refractivity (Wildman–Crippen MR) is 113 cm³/mol. The number of carbonyl (C=O) groups excluding carboxylic acids is 2. The monoisotopic (exact) mass is 422 g/mol. The fraction of sp³-hybridized carbons (Fsp3) is 0.174. The molecular formula is C23H19ClN2O4. The molecule has 1 aromatic heterocycles. The average Bonchev–Trinajstić information content (AvgIpc) is 3.30. The molecule has 2 heterocycles. The molecule has 1 aliphatic rings. The fourth-order valence-corrected chi connectivity index (χ4v) is 3.33. The topological polar surface area (TPSA) is 70.4 Å². The molecule has 0 aliphatic carbocycles. The third kappa shape index (κ3) is 4.44. The summed E-state index contributed by atoms with van der Waals surface area (Å²) in [6.07, 6.45) is 4.00. The quantitative estimate of drug-likeness (QED) is 0.448. The van der Waals surface area contributed by atoms with Crippen LogP contribution in [0, 0.1) is 0 Å². The summed E-state index contributed by atoms with van der Waals surface area (Å²) in [7, 11) is 0. The molecule has 3 aromatic rings. The van der Waals surface area contributed by atoms with E-state index in [1.807, 2.05) is 48.7 Å². The van der Waals surface area contributed by atoms with Gasteiger partial charge in [0.15, 0.2) is 0 Å². The molecule has 1 fully saturated rings. The molecule has 7 heteroatoms. The van der Waals surface area contributed by atoms with Crippen molar-refractivity contribution in [1.82, 2.24) is 9.78 Å². The zero-order valence-electron chi connectivity index (χ0n) is 16.2. The van der Waals surface area contributed by atoms with Crippen molar-refractivity contribution < 1.29 is 19.1 Å². The van der Waals surface area contributed by atoms with Crippen LogP contribution in [0.3, 0.4) is 0 Å². The number of nitrogens with zero attached hydrogens (tertiary/aromatic N) is 2. The van der Waals surface area contributed by atoms with Crippen LogP contribution in [0.2, 0.25) is 5.02 Å². The van der Waals surface area contributed by atoms with Gasteiger partial charge >= 0.3 is 11.9 Å². The molecule has 0 amide bonds. The molecule has 30 heavy (non-hydrogen) atoms. The molecule has 0 spiro atoms. The molecule has 2 atom stereocenters. The van der Waals surface area contributed by atoms with Crippen molar-refractivity contribution in [1.29, 1.82) is 0 Å². The van der Waals surface area contributed by atoms with E-state index >= 15 is 0 Å². The Kier molecular flexibility index (Phi) is 5.68. The highest BCUT2D eigenvalue weighted by atomic mass is 35.5. The number of hydrogen-bond acceptors (Lipinski definition) is 5. The maximum atomic E-state index is 12.2. The number of para-hydroxylation sites is 1. The Morgan fingerprint density at radius 3 is 2.60 bits per heavy atom. The molecular weight excluding hydrogens is 404 g/mol. The predicted octanol–water partition coefficient (Wildman–Crippen LogP) is 4.45. The van der Waals surface area contributed by atoms with E-state index in [2.05, 4.69) is 5.10 Å². The normalized spacial score (nSPS) is 18.5. The van der Waals surface area contributed by atoms with Gasteiger partial charge in [0, 0.05) is 34.8 Å². The summed E-state index contributed by atoms with van der Waals surface area (Å²) in [5, 5.41) is 5.30. The standard InChI is InChI=1S/C23H19ClN2O4/c1-15-13-20(23(28)29-15)30-21(27)12-9-17-14-26(19-5-3-2-4-6-19)25-22(17)16-7-10-18(24)11-8-16/h2-12,14-15,20H,13H2,1H3/b12-9+. The molecule has 1 saturated heterocycles. The van der Waals surface area contributed by atoms with Crippen LogP contribution in [0.5, 0.6) is 0 Å². The van der Waals surface area contributed by atoms with Crippen molar-refractivity contribution in [3.8, 4) is 16.9 Å². The Morgan fingerprint density at radius 1 is 1.20 bits per heavy atom. The average molecular weight is 423 g/mol. The molecule has 6 nitrogen and oxygen atoms in total. The lowest BCUT2D eigenvalue weighted by molar-refractivity contribution is -0.157. The Balaban J connectivity index is 1.61. The van der Waals surface area contributed by atoms with Crippen molar-refractivity contribution in [2.45, 2.75) is 25.6 Å². The lowest BCUT2D eigenvalue weighted by Gasteiger charge is -2.05.